The quantitative estimate of drug-likeness (QED) is 0.549. The molecule has 96 valence electrons. The summed E-state index contributed by atoms with van der Waals surface area (Å²) in [7, 11) is 0. The van der Waals surface area contributed by atoms with Crippen LogP contribution in [0, 0.1) is 5.82 Å². The zero-order valence-electron chi connectivity index (χ0n) is 10.3. The van der Waals surface area contributed by atoms with Gasteiger partial charge in [-0.1, -0.05) is 18.9 Å². The number of nitrogens with two attached hydrogens (primary N) is 1. The highest BCUT2D eigenvalue weighted by molar-refractivity contribution is 7.98. The van der Waals surface area contributed by atoms with Crippen LogP contribution in [0.4, 0.5) is 15.8 Å². The molecule has 2 nitrogen and oxygen atoms in total. The molecule has 3 N–H and O–H groups in total. The molecule has 0 unspecified atom stereocenters. The van der Waals surface area contributed by atoms with Crippen molar-refractivity contribution in [1.82, 2.24) is 0 Å². The van der Waals surface area contributed by atoms with Crippen LogP contribution in [0.1, 0.15) is 25.7 Å². The molecule has 0 aliphatic heterocycles. The van der Waals surface area contributed by atoms with E-state index < -0.39 is 0 Å². The lowest BCUT2D eigenvalue weighted by Gasteiger charge is -2.09. The molecule has 0 saturated heterocycles. The van der Waals surface area contributed by atoms with Crippen LogP contribution in [0.15, 0.2) is 18.2 Å². The van der Waals surface area contributed by atoms with E-state index in [0.717, 1.165) is 13.0 Å². The molecule has 0 atom stereocenters. The highest BCUT2D eigenvalue weighted by Crippen LogP contribution is 2.21. The van der Waals surface area contributed by atoms with Gasteiger partial charge in [-0.15, -0.1) is 0 Å². The first-order valence-electron chi connectivity index (χ1n) is 6.02. The first kappa shape index (κ1) is 14.2. The van der Waals surface area contributed by atoms with Gasteiger partial charge in [0.05, 0.1) is 11.4 Å². The van der Waals surface area contributed by atoms with Crippen LogP contribution < -0.4 is 11.1 Å². The van der Waals surface area contributed by atoms with E-state index in [-0.39, 0.29) is 11.5 Å². The molecule has 17 heavy (non-hydrogen) atoms. The molecular formula is C13H21FN2S. The number of unbranched alkanes of at least 4 members (excludes halogenated alkanes) is 3. The second kappa shape index (κ2) is 8.23. The van der Waals surface area contributed by atoms with E-state index in [0.29, 0.717) is 5.69 Å². The molecule has 0 aliphatic rings. The number of nitrogens with one attached hydrogen (secondary N) is 1. The van der Waals surface area contributed by atoms with Crippen LogP contribution >= 0.6 is 11.8 Å². The minimum absolute atomic E-state index is 0.217. The number of thioether (sulfide) groups is 1. The monoisotopic (exact) mass is 256 g/mol. The fourth-order valence-corrected chi connectivity index (χ4v) is 2.13. The van der Waals surface area contributed by atoms with Gasteiger partial charge in [-0.2, -0.15) is 11.8 Å². The van der Waals surface area contributed by atoms with Crippen molar-refractivity contribution < 1.29 is 4.39 Å². The third-order valence-electron chi connectivity index (χ3n) is 2.64. The predicted octanol–water partition coefficient (Wildman–Crippen LogP) is 3.74. The average Bonchev–Trinajstić information content (AvgIpc) is 2.33. The number of benzene rings is 1. The van der Waals surface area contributed by atoms with Gasteiger partial charge >= 0.3 is 0 Å². The van der Waals surface area contributed by atoms with Crippen LogP contribution in [-0.4, -0.2) is 18.6 Å². The summed E-state index contributed by atoms with van der Waals surface area (Å²) in [6.07, 6.45) is 6.99. The smallest absolute Gasteiger partial charge is 0.148 e. The summed E-state index contributed by atoms with van der Waals surface area (Å²) in [5.74, 6) is 0.888. The zero-order valence-corrected chi connectivity index (χ0v) is 11.2. The molecule has 0 aromatic heterocycles. The second-order valence-electron chi connectivity index (χ2n) is 4.03. The molecule has 1 aromatic rings. The second-order valence-corrected chi connectivity index (χ2v) is 5.02. The number of halogens is 1. The maximum Gasteiger partial charge on any atom is 0.148 e. The van der Waals surface area contributed by atoms with Crippen molar-refractivity contribution >= 4 is 23.1 Å². The van der Waals surface area contributed by atoms with E-state index in [4.69, 9.17) is 5.73 Å². The summed E-state index contributed by atoms with van der Waals surface area (Å²) in [6.45, 7) is 0.854. The summed E-state index contributed by atoms with van der Waals surface area (Å²) in [5, 5.41) is 3.17. The Balaban J connectivity index is 2.16. The van der Waals surface area contributed by atoms with Gasteiger partial charge in [-0.25, -0.2) is 4.39 Å². The molecule has 0 amide bonds. The standard InChI is InChI=1S/C13H21FN2S/c1-17-10-5-3-2-4-9-16-12-8-6-7-11(14)13(12)15/h6-8,16H,2-5,9-10,15H2,1H3. The fourth-order valence-electron chi connectivity index (χ4n) is 1.64. The number of nitrogen functional groups attached to an aromatic ring is 1. The Morgan fingerprint density at radius 3 is 2.76 bits per heavy atom. The van der Waals surface area contributed by atoms with Gasteiger partial charge in [0.15, 0.2) is 0 Å². The zero-order chi connectivity index (χ0) is 12.5. The van der Waals surface area contributed by atoms with Crippen LogP contribution in [0.2, 0.25) is 0 Å². The molecule has 0 heterocycles. The Morgan fingerprint density at radius 1 is 1.24 bits per heavy atom. The molecule has 0 bridgehead atoms. The van der Waals surface area contributed by atoms with Crippen molar-refractivity contribution in [3.8, 4) is 0 Å². The summed E-state index contributed by atoms with van der Waals surface area (Å²) in [5.41, 5.74) is 6.54. The summed E-state index contributed by atoms with van der Waals surface area (Å²) in [4.78, 5) is 0. The molecule has 4 heteroatoms. The van der Waals surface area contributed by atoms with Crippen molar-refractivity contribution in [1.29, 1.82) is 0 Å². The molecule has 0 aliphatic carbocycles. The third-order valence-corrected chi connectivity index (χ3v) is 3.34. The van der Waals surface area contributed by atoms with Gasteiger partial charge < -0.3 is 11.1 Å². The molecular weight excluding hydrogens is 235 g/mol. The Kier molecular flexibility index (Phi) is 6.86. The Bertz CT molecular complexity index is 331. The van der Waals surface area contributed by atoms with Gasteiger partial charge in [-0.05, 0) is 37.0 Å². The molecule has 1 rings (SSSR count). The number of anilines is 2. The lowest BCUT2D eigenvalue weighted by atomic mass is 10.2. The van der Waals surface area contributed by atoms with E-state index >= 15 is 0 Å². The minimum Gasteiger partial charge on any atom is -0.395 e. The molecule has 1 aromatic carbocycles. The van der Waals surface area contributed by atoms with E-state index in [2.05, 4.69) is 11.6 Å². The van der Waals surface area contributed by atoms with Gasteiger partial charge in [0.1, 0.15) is 5.82 Å². The lowest BCUT2D eigenvalue weighted by Crippen LogP contribution is -2.05. The van der Waals surface area contributed by atoms with E-state index in [1.807, 2.05) is 17.8 Å². The summed E-state index contributed by atoms with van der Waals surface area (Å²) in [6, 6.07) is 4.86. The van der Waals surface area contributed by atoms with E-state index in [1.54, 1.807) is 6.07 Å². The Morgan fingerprint density at radius 2 is 2.00 bits per heavy atom. The number of rotatable bonds is 8. The van der Waals surface area contributed by atoms with Gasteiger partial charge in [-0.3, -0.25) is 0 Å². The first-order chi connectivity index (χ1) is 8.25. The van der Waals surface area contributed by atoms with Crippen molar-refractivity contribution in [3.05, 3.63) is 24.0 Å². The van der Waals surface area contributed by atoms with Gasteiger partial charge in [0, 0.05) is 6.54 Å². The highest BCUT2D eigenvalue weighted by Gasteiger charge is 2.02. The Labute approximate surface area is 107 Å². The van der Waals surface area contributed by atoms with Crippen molar-refractivity contribution in [3.63, 3.8) is 0 Å². The summed E-state index contributed by atoms with van der Waals surface area (Å²) >= 11 is 1.89. The van der Waals surface area contributed by atoms with Crippen LogP contribution in [0.5, 0.6) is 0 Å². The van der Waals surface area contributed by atoms with E-state index in [1.165, 1.54) is 31.1 Å². The fraction of sp³-hybridized carbons (Fsp3) is 0.538. The largest absolute Gasteiger partial charge is 0.395 e. The molecule has 0 radical (unpaired) electrons. The average molecular weight is 256 g/mol. The first-order valence-corrected chi connectivity index (χ1v) is 7.42. The van der Waals surface area contributed by atoms with Crippen LogP contribution in [-0.2, 0) is 0 Å². The maximum absolute atomic E-state index is 13.1. The molecule has 0 spiro atoms. The van der Waals surface area contributed by atoms with Gasteiger partial charge in [0.25, 0.3) is 0 Å². The lowest BCUT2D eigenvalue weighted by molar-refractivity contribution is 0.632. The van der Waals surface area contributed by atoms with Crippen LogP contribution in [0.3, 0.4) is 0 Å². The normalized spacial score (nSPS) is 10.5. The summed E-state index contributed by atoms with van der Waals surface area (Å²) < 4.78 is 13.1. The predicted molar refractivity (Wildman–Crippen MR) is 76.2 cm³/mol. The number of para-hydroxylation sites is 1. The third kappa shape index (κ3) is 5.31. The van der Waals surface area contributed by atoms with E-state index in [9.17, 15) is 4.39 Å². The van der Waals surface area contributed by atoms with Crippen LogP contribution in [0.25, 0.3) is 0 Å². The Hall–Kier alpha value is -0.900. The highest BCUT2D eigenvalue weighted by atomic mass is 32.2. The minimum atomic E-state index is -0.352. The molecule has 0 saturated carbocycles. The topological polar surface area (TPSA) is 38.0 Å². The molecule has 0 fully saturated rings. The maximum atomic E-state index is 13.1. The van der Waals surface area contributed by atoms with Crippen molar-refractivity contribution in [2.75, 3.05) is 29.6 Å². The van der Waals surface area contributed by atoms with Crippen molar-refractivity contribution in [2.24, 2.45) is 0 Å². The van der Waals surface area contributed by atoms with Crippen molar-refractivity contribution in [2.45, 2.75) is 25.7 Å². The SMILES string of the molecule is CSCCCCCCNc1cccc(F)c1N. The number of hydrogen-bond acceptors (Lipinski definition) is 3. The van der Waals surface area contributed by atoms with Gasteiger partial charge in [0.2, 0.25) is 0 Å². The number of hydrogen-bond donors (Lipinski definition) is 2.